The van der Waals surface area contributed by atoms with Crippen LogP contribution < -0.4 is 10.2 Å². The summed E-state index contributed by atoms with van der Waals surface area (Å²) < 4.78 is 5.11. The predicted molar refractivity (Wildman–Crippen MR) is 103 cm³/mol. The normalized spacial score (nSPS) is 17.2. The highest BCUT2D eigenvalue weighted by Gasteiger charge is 2.24. The van der Waals surface area contributed by atoms with Crippen LogP contribution in [0.3, 0.4) is 0 Å². The third-order valence-corrected chi connectivity index (χ3v) is 4.72. The van der Waals surface area contributed by atoms with Gasteiger partial charge in [0.05, 0.1) is 12.2 Å². The number of aromatic nitrogens is 1. The zero-order valence-electron chi connectivity index (χ0n) is 15.4. The molecule has 0 saturated carbocycles. The molecule has 1 aliphatic heterocycles. The van der Waals surface area contributed by atoms with Crippen molar-refractivity contribution in [1.82, 2.24) is 15.2 Å². The van der Waals surface area contributed by atoms with Gasteiger partial charge in [0.15, 0.2) is 0 Å². The SMILES string of the molecule is COCCN1CCC(NC(=O)c2ccc(N(C)c3ccccc3)nc2)C1. The molecule has 0 bridgehead atoms. The van der Waals surface area contributed by atoms with E-state index in [2.05, 4.69) is 15.2 Å². The monoisotopic (exact) mass is 354 g/mol. The molecule has 1 unspecified atom stereocenters. The van der Waals surface area contributed by atoms with Gasteiger partial charge in [-0.1, -0.05) is 18.2 Å². The van der Waals surface area contributed by atoms with E-state index in [-0.39, 0.29) is 11.9 Å². The molecule has 0 radical (unpaired) electrons. The summed E-state index contributed by atoms with van der Waals surface area (Å²) in [4.78, 5) is 21.2. The first-order valence-electron chi connectivity index (χ1n) is 8.94. The number of benzene rings is 1. The van der Waals surface area contributed by atoms with Crippen molar-refractivity contribution in [3.05, 3.63) is 54.2 Å². The van der Waals surface area contributed by atoms with Crippen molar-refractivity contribution in [2.45, 2.75) is 12.5 Å². The van der Waals surface area contributed by atoms with Crippen molar-refractivity contribution in [1.29, 1.82) is 0 Å². The van der Waals surface area contributed by atoms with E-state index in [1.54, 1.807) is 13.3 Å². The van der Waals surface area contributed by atoms with Gasteiger partial charge in [0, 0.05) is 51.7 Å². The molecule has 0 aliphatic carbocycles. The Morgan fingerprint density at radius 3 is 2.81 bits per heavy atom. The lowest BCUT2D eigenvalue weighted by Gasteiger charge is -2.19. The van der Waals surface area contributed by atoms with Gasteiger partial charge in [-0.05, 0) is 30.7 Å². The second kappa shape index (κ2) is 8.78. The summed E-state index contributed by atoms with van der Waals surface area (Å²) in [5.41, 5.74) is 1.64. The minimum Gasteiger partial charge on any atom is -0.383 e. The molecule has 1 saturated heterocycles. The van der Waals surface area contributed by atoms with Crippen LogP contribution in [0, 0.1) is 0 Å². The minimum absolute atomic E-state index is 0.0648. The number of rotatable bonds is 7. The molecule has 1 N–H and O–H groups in total. The number of nitrogens with one attached hydrogen (secondary N) is 1. The number of ether oxygens (including phenoxy) is 1. The van der Waals surface area contributed by atoms with Crippen LogP contribution in [0.15, 0.2) is 48.7 Å². The van der Waals surface area contributed by atoms with Gasteiger partial charge in [-0.15, -0.1) is 0 Å². The van der Waals surface area contributed by atoms with Crippen molar-refractivity contribution in [3.8, 4) is 0 Å². The summed E-state index contributed by atoms with van der Waals surface area (Å²) in [6.45, 7) is 3.50. The Hall–Kier alpha value is -2.44. The first-order chi connectivity index (χ1) is 12.7. The Morgan fingerprint density at radius 1 is 1.31 bits per heavy atom. The molecule has 138 valence electrons. The molecule has 1 aromatic carbocycles. The Morgan fingerprint density at radius 2 is 2.12 bits per heavy atom. The first-order valence-corrected chi connectivity index (χ1v) is 8.94. The fraction of sp³-hybridized carbons (Fsp3) is 0.400. The van der Waals surface area contributed by atoms with Gasteiger partial charge in [-0.2, -0.15) is 0 Å². The summed E-state index contributed by atoms with van der Waals surface area (Å²) in [7, 11) is 3.67. The number of nitrogens with zero attached hydrogens (tertiary/aromatic N) is 3. The van der Waals surface area contributed by atoms with Crippen LogP contribution in [0.2, 0.25) is 0 Å². The number of amides is 1. The third kappa shape index (κ3) is 4.59. The van der Waals surface area contributed by atoms with Crippen LogP contribution in [0.4, 0.5) is 11.5 Å². The number of methoxy groups -OCH3 is 1. The molecule has 1 atom stereocenters. The topological polar surface area (TPSA) is 57.7 Å². The zero-order chi connectivity index (χ0) is 18.4. The van der Waals surface area contributed by atoms with Gasteiger partial charge in [-0.3, -0.25) is 9.69 Å². The zero-order valence-corrected chi connectivity index (χ0v) is 15.4. The smallest absolute Gasteiger partial charge is 0.253 e. The number of carbonyl (C=O) groups is 1. The summed E-state index contributed by atoms with van der Waals surface area (Å²) in [6.07, 6.45) is 2.61. The summed E-state index contributed by atoms with van der Waals surface area (Å²) in [5.74, 6) is 0.740. The van der Waals surface area contributed by atoms with E-state index in [1.807, 2.05) is 54.4 Å². The predicted octanol–water partition coefficient (Wildman–Crippen LogP) is 2.30. The quantitative estimate of drug-likeness (QED) is 0.827. The second-order valence-electron chi connectivity index (χ2n) is 6.55. The van der Waals surface area contributed by atoms with Crippen molar-refractivity contribution < 1.29 is 9.53 Å². The van der Waals surface area contributed by atoms with E-state index >= 15 is 0 Å². The molecule has 26 heavy (non-hydrogen) atoms. The van der Waals surface area contributed by atoms with Crippen molar-refractivity contribution in [2.24, 2.45) is 0 Å². The molecule has 6 heteroatoms. The molecule has 3 rings (SSSR count). The van der Waals surface area contributed by atoms with Gasteiger partial charge in [0.25, 0.3) is 5.91 Å². The molecule has 2 aromatic rings. The van der Waals surface area contributed by atoms with Gasteiger partial charge in [0.1, 0.15) is 5.82 Å². The van der Waals surface area contributed by atoms with E-state index < -0.39 is 0 Å². The highest BCUT2D eigenvalue weighted by atomic mass is 16.5. The molecule has 0 spiro atoms. The summed E-state index contributed by atoms with van der Waals surface area (Å²) in [6, 6.07) is 13.9. The highest BCUT2D eigenvalue weighted by Crippen LogP contribution is 2.21. The van der Waals surface area contributed by atoms with E-state index in [0.717, 1.165) is 44.2 Å². The Bertz CT molecular complexity index is 706. The molecule has 2 heterocycles. The average molecular weight is 354 g/mol. The largest absolute Gasteiger partial charge is 0.383 e. The van der Waals surface area contributed by atoms with Gasteiger partial charge >= 0.3 is 0 Å². The molecular formula is C20H26N4O2. The van der Waals surface area contributed by atoms with Crippen LogP contribution in [0.25, 0.3) is 0 Å². The van der Waals surface area contributed by atoms with Crippen LogP contribution in [0.1, 0.15) is 16.8 Å². The van der Waals surface area contributed by atoms with Crippen LogP contribution in [0.5, 0.6) is 0 Å². The summed E-state index contributed by atoms with van der Waals surface area (Å²) >= 11 is 0. The molecule has 6 nitrogen and oxygen atoms in total. The van der Waals surface area contributed by atoms with Crippen LogP contribution in [-0.2, 0) is 4.74 Å². The van der Waals surface area contributed by atoms with Crippen LogP contribution in [-0.4, -0.2) is 62.2 Å². The maximum Gasteiger partial charge on any atom is 0.253 e. The number of pyridine rings is 1. The molecule has 1 aromatic heterocycles. The lowest BCUT2D eigenvalue weighted by Crippen LogP contribution is -2.37. The van der Waals surface area contributed by atoms with E-state index in [0.29, 0.717) is 5.56 Å². The van der Waals surface area contributed by atoms with Gasteiger partial charge in [-0.25, -0.2) is 4.98 Å². The Balaban J connectivity index is 1.56. The first kappa shape index (κ1) is 18.4. The maximum absolute atomic E-state index is 12.5. The Labute approximate surface area is 154 Å². The van der Waals surface area contributed by atoms with Crippen molar-refractivity contribution in [3.63, 3.8) is 0 Å². The number of para-hydroxylation sites is 1. The molecule has 1 fully saturated rings. The molecular weight excluding hydrogens is 328 g/mol. The second-order valence-corrected chi connectivity index (χ2v) is 6.55. The highest BCUT2D eigenvalue weighted by molar-refractivity contribution is 5.94. The number of hydrogen-bond donors (Lipinski definition) is 1. The van der Waals surface area contributed by atoms with Crippen LogP contribution >= 0.6 is 0 Å². The number of anilines is 2. The number of carbonyl (C=O) groups excluding carboxylic acids is 1. The molecule has 1 aliphatic rings. The number of likely N-dealkylation sites (tertiary alicyclic amines) is 1. The lowest BCUT2D eigenvalue weighted by molar-refractivity contribution is 0.0936. The third-order valence-electron chi connectivity index (χ3n) is 4.72. The van der Waals surface area contributed by atoms with Crippen molar-refractivity contribution >= 4 is 17.4 Å². The van der Waals surface area contributed by atoms with E-state index in [1.165, 1.54) is 0 Å². The van der Waals surface area contributed by atoms with Crippen molar-refractivity contribution in [2.75, 3.05) is 45.3 Å². The fourth-order valence-corrected chi connectivity index (χ4v) is 3.15. The van der Waals surface area contributed by atoms with Gasteiger partial charge in [0.2, 0.25) is 0 Å². The van der Waals surface area contributed by atoms with Gasteiger partial charge < -0.3 is 15.0 Å². The summed E-state index contributed by atoms with van der Waals surface area (Å²) in [5, 5.41) is 3.11. The minimum atomic E-state index is -0.0648. The molecule has 1 amide bonds. The fourth-order valence-electron chi connectivity index (χ4n) is 3.15. The Kier molecular flexibility index (Phi) is 6.20. The van der Waals surface area contributed by atoms with E-state index in [9.17, 15) is 4.79 Å². The van der Waals surface area contributed by atoms with E-state index in [4.69, 9.17) is 4.74 Å². The maximum atomic E-state index is 12.5. The average Bonchev–Trinajstić information content (AvgIpc) is 3.13. The lowest BCUT2D eigenvalue weighted by atomic mass is 10.2. The standard InChI is InChI=1S/C20H26N4O2/c1-23(18-6-4-3-5-7-18)19-9-8-16(14-21-19)20(25)22-17-10-11-24(15-17)12-13-26-2/h3-9,14,17H,10-13,15H2,1-2H3,(H,22,25). The number of hydrogen-bond acceptors (Lipinski definition) is 5.